The lowest BCUT2D eigenvalue weighted by molar-refractivity contribution is -0.136. The number of rotatable bonds is 3. The van der Waals surface area contributed by atoms with E-state index in [0.717, 1.165) is 18.7 Å². The molecule has 5 heteroatoms. The standard InChI is InChI=1S/C10H13ClN2O2/c11-9-7(5-8(14)15)12-10(13-9)6-3-1-2-4-6/h6H,1-5H2,(H,12,13)(H,14,15). The van der Waals surface area contributed by atoms with Crippen molar-refractivity contribution >= 4 is 17.6 Å². The average Bonchev–Trinajstić information content (AvgIpc) is 2.75. The molecule has 82 valence electrons. The lowest BCUT2D eigenvalue weighted by atomic mass is 10.1. The second-order valence-electron chi connectivity index (χ2n) is 3.94. The van der Waals surface area contributed by atoms with Crippen LogP contribution in [0.3, 0.4) is 0 Å². The van der Waals surface area contributed by atoms with Gasteiger partial charge in [-0.25, -0.2) is 4.98 Å². The number of hydrogen-bond acceptors (Lipinski definition) is 2. The van der Waals surface area contributed by atoms with Gasteiger partial charge in [0.1, 0.15) is 5.82 Å². The number of hydrogen-bond donors (Lipinski definition) is 2. The molecule has 1 aliphatic carbocycles. The van der Waals surface area contributed by atoms with E-state index >= 15 is 0 Å². The fourth-order valence-corrected chi connectivity index (χ4v) is 2.27. The summed E-state index contributed by atoms with van der Waals surface area (Å²) < 4.78 is 0. The van der Waals surface area contributed by atoms with E-state index in [2.05, 4.69) is 9.97 Å². The van der Waals surface area contributed by atoms with Crippen LogP contribution in [0.4, 0.5) is 0 Å². The number of halogens is 1. The van der Waals surface area contributed by atoms with Crippen molar-refractivity contribution in [3.63, 3.8) is 0 Å². The summed E-state index contributed by atoms with van der Waals surface area (Å²) in [4.78, 5) is 17.8. The van der Waals surface area contributed by atoms with Gasteiger partial charge in [0.2, 0.25) is 0 Å². The first-order valence-electron chi connectivity index (χ1n) is 5.13. The molecule has 0 bridgehead atoms. The number of aromatic nitrogens is 2. The maximum absolute atomic E-state index is 10.5. The Hall–Kier alpha value is -1.03. The molecule has 0 atom stereocenters. The van der Waals surface area contributed by atoms with Crippen molar-refractivity contribution < 1.29 is 9.90 Å². The van der Waals surface area contributed by atoms with Crippen LogP contribution in [-0.2, 0) is 11.2 Å². The predicted octanol–water partition coefficient (Wildman–Crippen LogP) is 2.35. The minimum Gasteiger partial charge on any atom is -0.481 e. The summed E-state index contributed by atoms with van der Waals surface area (Å²) in [7, 11) is 0. The highest BCUT2D eigenvalue weighted by Gasteiger charge is 2.22. The fourth-order valence-electron chi connectivity index (χ4n) is 2.07. The second kappa shape index (κ2) is 4.23. The van der Waals surface area contributed by atoms with Gasteiger partial charge in [-0.3, -0.25) is 4.79 Å². The Balaban J connectivity index is 2.16. The second-order valence-corrected chi connectivity index (χ2v) is 4.30. The van der Waals surface area contributed by atoms with Gasteiger partial charge in [0, 0.05) is 5.92 Å². The Labute approximate surface area is 92.7 Å². The van der Waals surface area contributed by atoms with Crippen LogP contribution in [0.2, 0.25) is 5.15 Å². The van der Waals surface area contributed by atoms with Crippen molar-refractivity contribution in [1.29, 1.82) is 0 Å². The molecule has 1 heterocycles. The predicted molar refractivity (Wildman–Crippen MR) is 56.1 cm³/mol. The zero-order valence-corrected chi connectivity index (χ0v) is 9.05. The molecule has 1 fully saturated rings. The molecular formula is C10H13ClN2O2. The van der Waals surface area contributed by atoms with Gasteiger partial charge < -0.3 is 10.1 Å². The Bertz CT molecular complexity index is 369. The van der Waals surface area contributed by atoms with Gasteiger partial charge >= 0.3 is 5.97 Å². The van der Waals surface area contributed by atoms with E-state index in [1.807, 2.05) is 0 Å². The van der Waals surface area contributed by atoms with Gasteiger partial charge in [0.05, 0.1) is 12.1 Å². The zero-order valence-electron chi connectivity index (χ0n) is 8.29. The number of nitrogens with zero attached hydrogens (tertiary/aromatic N) is 1. The molecule has 2 rings (SSSR count). The van der Waals surface area contributed by atoms with E-state index in [4.69, 9.17) is 16.7 Å². The molecule has 0 spiro atoms. The normalized spacial score (nSPS) is 17.1. The van der Waals surface area contributed by atoms with Crippen LogP contribution >= 0.6 is 11.6 Å². The number of imidazole rings is 1. The van der Waals surface area contributed by atoms with Crippen LogP contribution in [-0.4, -0.2) is 21.0 Å². The van der Waals surface area contributed by atoms with E-state index in [1.54, 1.807) is 0 Å². The Kier molecular flexibility index (Phi) is 2.95. The van der Waals surface area contributed by atoms with Gasteiger partial charge in [0.15, 0.2) is 5.15 Å². The summed E-state index contributed by atoms with van der Waals surface area (Å²) in [5, 5.41) is 8.96. The molecule has 1 aromatic rings. The highest BCUT2D eigenvalue weighted by Crippen LogP contribution is 2.33. The third-order valence-electron chi connectivity index (χ3n) is 2.82. The Morgan fingerprint density at radius 3 is 2.80 bits per heavy atom. The first kappa shape index (κ1) is 10.5. The van der Waals surface area contributed by atoms with Crippen molar-refractivity contribution in [1.82, 2.24) is 9.97 Å². The first-order valence-corrected chi connectivity index (χ1v) is 5.50. The first-order chi connectivity index (χ1) is 7.16. The van der Waals surface area contributed by atoms with Crippen LogP contribution in [0.15, 0.2) is 0 Å². The Morgan fingerprint density at radius 2 is 2.20 bits per heavy atom. The van der Waals surface area contributed by atoms with Crippen molar-refractivity contribution in [3.8, 4) is 0 Å². The molecule has 1 saturated carbocycles. The number of aliphatic carboxylic acids is 1. The minimum atomic E-state index is -0.890. The van der Waals surface area contributed by atoms with Crippen LogP contribution < -0.4 is 0 Å². The largest absolute Gasteiger partial charge is 0.481 e. The molecule has 0 saturated heterocycles. The molecule has 1 aromatic heterocycles. The van der Waals surface area contributed by atoms with Gasteiger partial charge in [-0.05, 0) is 12.8 Å². The average molecular weight is 229 g/mol. The molecule has 0 amide bonds. The molecule has 1 aliphatic rings. The maximum atomic E-state index is 10.5. The summed E-state index contributed by atoms with van der Waals surface area (Å²) in [5.41, 5.74) is 0.520. The summed E-state index contributed by atoms with van der Waals surface area (Å²) in [5.74, 6) is 0.400. The van der Waals surface area contributed by atoms with Crippen molar-refractivity contribution in [2.24, 2.45) is 0 Å². The minimum absolute atomic E-state index is 0.0848. The highest BCUT2D eigenvalue weighted by atomic mass is 35.5. The molecular weight excluding hydrogens is 216 g/mol. The van der Waals surface area contributed by atoms with Crippen LogP contribution in [0.5, 0.6) is 0 Å². The zero-order chi connectivity index (χ0) is 10.8. The Morgan fingerprint density at radius 1 is 1.53 bits per heavy atom. The number of H-pyrrole nitrogens is 1. The molecule has 0 unspecified atom stereocenters. The fraction of sp³-hybridized carbons (Fsp3) is 0.600. The topological polar surface area (TPSA) is 66.0 Å². The summed E-state index contributed by atoms with van der Waals surface area (Å²) >= 11 is 5.86. The van der Waals surface area contributed by atoms with E-state index in [0.29, 0.717) is 16.8 Å². The van der Waals surface area contributed by atoms with E-state index < -0.39 is 5.97 Å². The molecule has 15 heavy (non-hydrogen) atoms. The van der Waals surface area contributed by atoms with Crippen molar-refractivity contribution in [2.75, 3.05) is 0 Å². The summed E-state index contributed by atoms with van der Waals surface area (Å²) in [6, 6.07) is 0. The van der Waals surface area contributed by atoms with Crippen LogP contribution in [0.1, 0.15) is 43.1 Å². The molecule has 0 aromatic carbocycles. The lowest BCUT2D eigenvalue weighted by Gasteiger charge is -2.02. The van der Waals surface area contributed by atoms with E-state index in [1.165, 1.54) is 12.8 Å². The van der Waals surface area contributed by atoms with Gasteiger partial charge in [0.25, 0.3) is 0 Å². The highest BCUT2D eigenvalue weighted by molar-refractivity contribution is 6.30. The number of nitrogens with one attached hydrogen (secondary N) is 1. The summed E-state index contributed by atoms with van der Waals surface area (Å²) in [6.45, 7) is 0. The van der Waals surface area contributed by atoms with E-state index in [-0.39, 0.29) is 6.42 Å². The van der Waals surface area contributed by atoms with Crippen molar-refractivity contribution in [3.05, 3.63) is 16.7 Å². The number of carboxylic acid groups (broad SMARTS) is 1. The third kappa shape index (κ3) is 2.31. The van der Waals surface area contributed by atoms with E-state index in [9.17, 15) is 4.79 Å². The smallest absolute Gasteiger partial charge is 0.309 e. The van der Waals surface area contributed by atoms with Crippen LogP contribution in [0.25, 0.3) is 0 Å². The quantitative estimate of drug-likeness (QED) is 0.835. The molecule has 0 aliphatic heterocycles. The lowest BCUT2D eigenvalue weighted by Crippen LogP contribution is -2.01. The number of carbonyl (C=O) groups is 1. The molecule has 0 radical (unpaired) electrons. The number of aromatic amines is 1. The van der Waals surface area contributed by atoms with Crippen molar-refractivity contribution in [2.45, 2.75) is 38.0 Å². The molecule has 4 nitrogen and oxygen atoms in total. The monoisotopic (exact) mass is 228 g/mol. The van der Waals surface area contributed by atoms with Gasteiger partial charge in [-0.1, -0.05) is 24.4 Å². The van der Waals surface area contributed by atoms with Crippen LogP contribution in [0, 0.1) is 0 Å². The molecule has 2 N–H and O–H groups in total. The maximum Gasteiger partial charge on any atom is 0.309 e. The third-order valence-corrected chi connectivity index (χ3v) is 3.13. The van der Waals surface area contributed by atoms with Gasteiger partial charge in [-0.15, -0.1) is 0 Å². The SMILES string of the molecule is O=C(O)Cc1[nH]c(C2CCCC2)nc1Cl. The summed E-state index contributed by atoms with van der Waals surface area (Å²) in [6.07, 6.45) is 4.60. The number of carboxylic acids is 1. The van der Waals surface area contributed by atoms with Gasteiger partial charge in [-0.2, -0.15) is 0 Å².